The highest BCUT2D eigenvalue weighted by molar-refractivity contribution is 7.99. The van der Waals surface area contributed by atoms with E-state index in [1.807, 2.05) is 153 Å². The molecular weight excluding hydrogens is 1080 g/mol. The number of hydrogen-bond acceptors (Lipinski definition) is 14. The van der Waals surface area contributed by atoms with E-state index in [1.165, 1.54) is 26.3 Å². The molecule has 2 heterocycles. The van der Waals surface area contributed by atoms with Gasteiger partial charge >= 0.3 is 17.9 Å². The lowest BCUT2D eigenvalue weighted by molar-refractivity contribution is -0.141. The van der Waals surface area contributed by atoms with E-state index in [1.54, 1.807) is 65.6 Å². The van der Waals surface area contributed by atoms with E-state index in [0.29, 0.717) is 45.0 Å². The van der Waals surface area contributed by atoms with E-state index in [-0.39, 0.29) is 22.7 Å². The van der Waals surface area contributed by atoms with Crippen LogP contribution >= 0.6 is 23.1 Å². The van der Waals surface area contributed by atoms with Gasteiger partial charge in [0, 0.05) is 88.9 Å². The molecule has 10 rings (SSSR count). The molecular formula is C68H60N4O9S2. The Kier molecular flexibility index (Phi) is 21.1. The van der Waals surface area contributed by atoms with Crippen molar-refractivity contribution >= 4 is 113 Å². The number of carbonyl (C=O) groups excluding carboxylic acids is 5. The molecule has 0 bridgehead atoms. The van der Waals surface area contributed by atoms with Gasteiger partial charge in [-0.3, -0.25) is 14.4 Å². The maximum Gasteiger partial charge on any atom is 0.365 e. The Morgan fingerprint density at radius 1 is 0.542 bits per heavy atom. The molecule has 2 aromatic heterocycles. The minimum absolute atomic E-state index is 0.00193. The first-order valence-electron chi connectivity index (χ1n) is 27.1. The first-order valence-corrected chi connectivity index (χ1v) is 28.7. The molecule has 8 aromatic carbocycles. The lowest BCUT2D eigenvalue weighted by Crippen LogP contribution is -2.16. The van der Waals surface area contributed by atoms with E-state index >= 15 is 0 Å². The largest absolute Gasteiger partial charge is 0.365 e. The SMILES string of the molecule is CC(=O)O/N=C/c1ccc2sc3ccccc3c(=O)c2c1.CCCCCCC(=NOC(=O)c1ccccc1)C(=O)c1ccc(Sc2ccccc2)cc1.CCn1c2ccc(/C=N/OC(C)=O)cc2c2cc(C(=O)c3ccccc3C)ccc21. The second-order valence-electron chi connectivity index (χ2n) is 19.1. The second-order valence-corrected chi connectivity index (χ2v) is 21.3. The fraction of sp³-hybridized carbons (Fsp3) is 0.162. The standard InChI is InChI=1S/C27H27NO3S.C25H22N2O3.C16H11NO3S/c1-2-3-4-11-16-25(28-31-27(30)22-12-7-5-8-13-22)26(29)21-17-19-24(20-18-21)32-23-14-9-6-10-15-23;1-4-27-23-11-9-18(15-26-30-17(3)28)13-21(23)22-14-19(10-12-24(22)27)25(29)20-8-6-5-7-16(20)2;1-10(18)20-17-9-11-6-7-15-13(8-11)16(19)12-4-2-3-5-14(12)21-15/h5-10,12-15,17-20H,2-4,11,16H2,1H3;5-15H,4H2,1-3H3;2-9H,1H3/b;26-15+;17-9+. The van der Waals surface area contributed by atoms with Crippen LogP contribution in [0.4, 0.5) is 0 Å². The summed E-state index contributed by atoms with van der Waals surface area (Å²) < 4.78 is 4.11. The molecule has 0 aliphatic carbocycles. The fourth-order valence-electron chi connectivity index (χ4n) is 9.00. The van der Waals surface area contributed by atoms with Crippen molar-refractivity contribution in [2.75, 3.05) is 0 Å². The second kappa shape index (κ2) is 29.3. The average molecular weight is 1140 g/mol. The van der Waals surface area contributed by atoms with Crippen LogP contribution in [0, 0.1) is 6.92 Å². The first kappa shape index (κ1) is 59.7. The zero-order valence-electron chi connectivity index (χ0n) is 46.6. The van der Waals surface area contributed by atoms with Gasteiger partial charge in [-0.25, -0.2) is 14.4 Å². The molecule has 0 amide bonds. The third kappa shape index (κ3) is 15.9. The highest BCUT2D eigenvalue weighted by Crippen LogP contribution is 2.32. The number of carbonyl (C=O) groups is 5. The molecule has 0 saturated heterocycles. The summed E-state index contributed by atoms with van der Waals surface area (Å²) in [7, 11) is 0. The topological polar surface area (TPSA) is 172 Å². The molecule has 10 aromatic rings. The molecule has 13 nitrogen and oxygen atoms in total. The summed E-state index contributed by atoms with van der Waals surface area (Å²) in [6, 6.07) is 58.6. The molecule has 0 atom stereocenters. The van der Waals surface area contributed by atoms with E-state index in [9.17, 15) is 28.8 Å². The van der Waals surface area contributed by atoms with Crippen molar-refractivity contribution in [1.29, 1.82) is 0 Å². The average Bonchev–Trinajstić information content (AvgIpc) is 2.39. The molecule has 0 aliphatic heterocycles. The van der Waals surface area contributed by atoms with Crippen LogP contribution in [0.15, 0.2) is 218 Å². The van der Waals surface area contributed by atoms with Crippen molar-refractivity contribution in [2.24, 2.45) is 15.5 Å². The van der Waals surface area contributed by atoms with Crippen LogP contribution in [-0.4, -0.2) is 52.2 Å². The molecule has 0 unspecified atom stereocenters. The predicted molar refractivity (Wildman–Crippen MR) is 333 cm³/mol. The number of benzene rings is 8. The van der Waals surface area contributed by atoms with Gasteiger partial charge in [-0.05, 0) is 147 Å². The maximum atomic E-state index is 13.1. The Bertz CT molecular complexity index is 4120. The number of aryl methyl sites for hydroxylation is 2. The Hall–Kier alpha value is -9.44. The van der Waals surface area contributed by atoms with E-state index in [0.717, 1.165) is 84.4 Å². The van der Waals surface area contributed by atoms with Crippen molar-refractivity contribution in [3.05, 3.63) is 237 Å². The van der Waals surface area contributed by atoms with Gasteiger partial charge < -0.3 is 19.1 Å². The molecule has 0 fully saturated rings. The number of Topliss-reactive ketones (excluding diaryl/α,β-unsaturated/α-hetero) is 1. The molecule has 0 aliphatic rings. The Morgan fingerprint density at radius 2 is 1.11 bits per heavy atom. The van der Waals surface area contributed by atoms with Crippen molar-refractivity contribution < 1.29 is 38.5 Å². The summed E-state index contributed by atoms with van der Waals surface area (Å²) in [5.41, 5.74) is 7.22. The van der Waals surface area contributed by atoms with Crippen LogP contribution in [0.3, 0.4) is 0 Å². The van der Waals surface area contributed by atoms with E-state index in [4.69, 9.17) is 4.84 Å². The van der Waals surface area contributed by atoms with Gasteiger partial charge in [-0.2, -0.15) is 0 Å². The number of unbranched alkanes of at least 4 members (excludes halogenated alkanes) is 3. The Balaban J connectivity index is 0.000000166. The number of fused-ring (bicyclic) bond motifs is 5. The highest BCUT2D eigenvalue weighted by Gasteiger charge is 2.19. The monoisotopic (exact) mass is 1140 g/mol. The summed E-state index contributed by atoms with van der Waals surface area (Å²) in [5, 5.41) is 14.6. The van der Waals surface area contributed by atoms with Crippen molar-refractivity contribution in [3.63, 3.8) is 0 Å². The summed E-state index contributed by atoms with van der Waals surface area (Å²) >= 11 is 3.21. The molecule has 0 spiro atoms. The maximum absolute atomic E-state index is 13.1. The van der Waals surface area contributed by atoms with Gasteiger partial charge in [0.1, 0.15) is 5.71 Å². The van der Waals surface area contributed by atoms with Gasteiger partial charge in [0.2, 0.25) is 5.78 Å². The number of hydrogen-bond donors (Lipinski definition) is 0. The highest BCUT2D eigenvalue weighted by atomic mass is 32.2. The van der Waals surface area contributed by atoms with Crippen LogP contribution in [-0.2, 0) is 30.6 Å². The van der Waals surface area contributed by atoms with E-state index < -0.39 is 17.9 Å². The first-order chi connectivity index (χ1) is 40.3. The summed E-state index contributed by atoms with van der Waals surface area (Å²) in [6.45, 7) is 9.58. The number of nitrogens with zero attached hydrogens (tertiary/aromatic N) is 4. The molecule has 83 heavy (non-hydrogen) atoms. The lowest BCUT2D eigenvalue weighted by Gasteiger charge is -2.07. The number of rotatable bonds is 18. The summed E-state index contributed by atoms with van der Waals surface area (Å²) in [4.78, 5) is 89.0. The van der Waals surface area contributed by atoms with Crippen LogP contribution in [0.5, 0.6) is 0 Å². The smallest absolute Gasteiger partial charge is 0.341 e. The van der Waals surface area contributed by atoms with E-state index in [2.05, 4.69) is 43.6 Å². The minimum Gasteiger partial charge on any atom is -0.341 e. The zero-order valence-corrected chi connectivity index (χ0v) is 48.2. The van der Waals surface area contributed by atoms with Crippen molar-refractivity contribution in [1.82, 2.24) is 4.57 Å². The number of aromatic nitrogens is 1. The minimum atomic E-state index is -0.570. The van der Waals surface area contributed by atoms with Gasteiger partial charge in [0.25, 0.3) is 0 Å². The van der Waals surface area contributed by atoms with Crippen molar-refractivity contribution in [3.8, 4) is 0 Å². The summed E-state index contributed by atoms with van der Waals surface area (Å²) in [5.74, 6) is -1.71. The van der Waals surface area contributed by atoms with Crippen LogP contribution in [0.1, 0.15) is 113 Å². The molecule has 418 valence electrons. The molecule has 0 saturated carbocycles. The number of ketones is 2. The normalized spacial score (nSPS) is 11.3. The van der Waals surface area contributed by atoms with Gasteiger partial charge in [0.15, 0.2) is 11.2 Å². The predicted octanol–water partition coefficient (Wildman–Crippen LogP) is 15.8. The van der Waals surface area contributed by atoms with Gasteiger partial charge in [-0.15, -0.1) is 11.3 Å². The molecule has 15 heteroatoms. The Morgan fingerprint density at radius 3 is 1.77 bits per heavy atom. The lowest BCUT2D eigenvalue weighted by atomic mass is 9.98. The Labute approximate surface area is 488 Å². The van der Waals surface area contributed by atoms with Crippen molar-refractivity contribution in [2.45, 2.75) is 83.1 Å². The third-order valence-electron chi connectivity index (χ3n) is 13.1. The van der Waals surface area contributed by atoms with Crippen LogP contribution in [0.2, 0.25) is 0 Å². The molecule has 0 N–H and O–H groups in total. The quantitative estimate of drug-likeness (QED) is 0.0201. The summed E-state index contributed by atoms with van der Waals surface area (Å²) in [6.07, 6.45) is 7.42. The van der Waals surface area contributed by atoms with Crippen LogP contribution < -0.4 is 5.43 Å². The van der Waals surface area contributed by atoms with Crippen LogP contribution in [0.25, 0.3) is 42.0 Å². The van der Waals surface area contributed by atoms with Gasteiger partial charge in [0.05, 0.1) is 18.0 Å². The zero-order chi connectivity index (χ0) is 58.7. The van der Waals surface area contributed by atoms with Gasteiger partial charge in [-0.1, -0.05) is 138 Å². The molecule has 0 radical (unpaired) electrons. The number of oxime groups is 3. The fourth-order valence-corrected chi connectivity index (χ4v) is 10.9. The third-order valence-corrected chi connectivity index (χ3v) is 15.3.